The fraction of sp³-hybridized carbons (Fsp3) is 0.231. The van der Waals surface area contributed by atoms with Crippen molar-refractivity contribution in [1.82, 2.24) is 4.57 Å². The van der Waals surface area contributed by atoms with E-state index in [4.69, 9.17) is 0 Å². The maximum atomic E-state index is 13.1. The highest BCUT2D eigenvalue weighted by molar-refractivity contribution is 5.80. The molecule has 2 heteroatoms. The van der Waals surface area contributed by atoms with E-state index in [1.54, 1.807) is 6.07 Å². The molecule has 0 fully saturated rings. The predicted molar refractivity (Wildman–Crippen MR) is 61.3 cm³/mol. The number of benzene rings is 1. The number of fused-ring (bicyclic) bond motifs is 1. The van der Waals surface area contributed by atoms with Crippen LogP contribution in [0.1, 0.15) is 13.3 Å². The first-order chi connectivity index (χ1) is 7.16. The Labute approximate surface area is 88.8 Å². The third kappa shape index (κ3) is 2.09. The number of aryl methyl sites for hydroxylation is 1. The maximum Gasteiger partial charge on any atom is 0.125 e. The lowest BCUT2D eigenvalue weighted by Crippen LogP contribution is -1.96. The molecule has 15 heavy (non-hydrogen) atoms. The van der Waals surface area contributed by atoms with Crippen molar-refractivity contribution in [1.29, 1.82) is 0 Å². The zero-order valence-corrected chi connectivity index (χ0v) is 8.83. The summed E-state index contributed by atoms with van der Waals surface area (Å²) >= 11 is 0. The second-order valence-electron chi connectivity index (χ2n) is 3.92. The molecule has 0 saturated carbocycles. The Hall–Kier alpha value is -1.57. The van der Waals surface area contributed by atoms with Gasteiger partial charge in [0.2, 0.25) is 0 Å². The molecule has 0 N–H and O–H groups in total. The van der Waals surface area contributed by atoms with Crippen LogP contribution in [0, 0.1) is 5.82 Å². The van der Waals surface area contributed by atoms with E-state index in [2.05, 4.69) is 11.1 Å². The van der Waals surface area contributed by atoms with Gasteiger partial charge < -0.3 is 4.57 Å². The summed E-state index contributed by atoms with van der Waals surface area (Å²) in [5, 5.41) is 1.08. The van der Waals surface area contributed by atoms with E-state index in [0.717, 1.165) is 29.4 Å². The smallest absolute Gasteiger partial charge is 0.125 e. The zero-order chi connectivity index (χ0) is 10.8. The van der Waals surface area contributed by atoms with Crippen molar-refractivity contribution in [3.8, 4) is 0 Å². The SMILES string of the molecule is C=C(C)CCn1ccc2ccc(F)cc21. The van der Waals surface area contributed by atoms with Gasteiger partial charge in [-0.2, -0.15) is 0 Å². The molecular weight excluding hydrogens is 189 g/mol. The molecule has 1 heterocycles. The van der Waals surface area contributed by atoms with Gasteiger partial charge in [0, 0.05) is 12.7 Å². The summed E-state index contributed by atoms with van der Waals surface area (Å²) in [6.07, 6.45) is 2.92. The van der Waals surface area contributed by atoms with Gasteiger partial charge in [-0.3, -0.25) is 0 Å². The second-order valence-corrected chi connectivity index (χ2v) is 3.92. The Morgan fingerprint density at radius 2 is 2.20 bits per heavy atom. The molecule has 2 rings (SSSR count). The minimum atomic E-state index is -0.183. The van der Waals surface area contributed by atoms with Crippen LogP contribution in [0.2, 0.25) is 0 Å². The van der Waals surface area contributed by atoms with Crippen LogP contribution >= 0.6 is 0 Å². The third-order valence-electron chi connectivity index (χ3n) is 2.52. The first-order valence-electron chi connectivity index (χ1n) is 5.05. The Kier molecular flexibility index (Phi) is 2.58. The highest BCUT2D eigenvalue weighted by Crippen LogP contribution is 2.17. The van der Waals surface area contributed by atoms with Crippen LogP contribution in [0.15, 0.2) is 42.6 Å². The van der Waals surface area contributed by atoms with Gasteiger partial charge in [-0.05, 0) is 43.0 Å². The largest absolute Gasteiger partial charge is 0.347 e. The molecule has 78 valence electrons. The molecular formula is C13H14FN. The lowest BCUT2D eigenvalue weighted by molar-refractivity contribution is 0.627. The van der Waals surface area contributed by atoms with Gasteiger partial charge in [0.05, 0.1) is 5.52 Å². The molecule has 0 atom stereocenters. The van der Waals surface area contributed by atoms with Crippen molar-refractivity contribution in [3.63, 3.8) is 0 Å². The van der Waals surface area contributed by atoms with Crippen molar-refractivity contribution in [2.24, 2.45) is 0 Å². The second kappa shape index (κ2) is 3.89. The number of hydrogen-bond donors (Lipinski definition) is 0. The predicted octanol–water partition coefficient (Wildman–Crippen LogP) is 3.75. The number of allylic oxidation sites excluding steroid dienone is 1. The van der Waals surface area contributed by atoms with Crippen molar-refractivity contribution >= 4 is 10.9 Å². The van der Waals surface area contributed by atoms with Gasteiger partial charge >= 0.3 is 0 Å². The molecule has 1 aromatic carbocycles. The highest BCUT2D eigenvalue weighted by Gasteiger charge is 2.01. The van der Waals surface area contributed by atoms with E-state index >= 15 is 0 Å². The van der Waals surface area contributed by atoms with Crippen LogP contribution in [-0.2, 0) is 6.54 Å². The highest BCUT2D eigenvalue weighted by atomic mass is 19.1. The maximum absolute atomic E-state index is 13.1. The Morgan fingerprint density at radius 3 is 2.93 bits per heavy atom. The summed E-state index contributed by atoms with van der Waals surface area (Å²) in [5.74, 6) is -0.183. The van der Waals surface area contributed by atoms with E-state index in [1.807, 2.05) is 25.3 Å². The molecule has 0 spiro atoms. The summed E-state index contributed by atoms with van der Waals surface area (Å²) in [6, 6.07) is 6.88. The molecule has 0 saturated heterocycles. The number of aromatic nitrogens is 1. The fourth-order valence-corrected chi connectivity index (χ4v) is 1.66. The lowest BCUT2D eigenvalue weighted by Gasteiger charge is -2.04. The van der Waals surface area contributed by atoms with Crippen LogP contribution < -0.4 is 0 Å². The number of nitrogens with zero attached hydrogens (tertiary/aromatic N) is 1. The molecule has 0 unspecified atom stereocenters. The normalized spacial score (nSPS) is 10.8. The number of rotatable bonds is 3. The summed E-state index contributed by atoms with van der Waals surface area (Å²) in [5.41, 5.74) is 2.10. The van der Waals surface area contributed by atoms with Gasteiger partial charge in [-0.1, -0.05) is 5.57 Å². The molecule has 0 bridgehead atoms. The van der Waals surface area contributed by atoms with Crippen molar-refractivity contribution in [3.05, 3.63) is 48.4 Å². The quantitative estimate of drug-likeness (QED) is 0.669. The molecule has 0 aliphatic carbocycles. The van der Waals surface area contributed by atoms with Crippen molar-refractivity contribution in [2.75, 3.05) is 0 Å². The summed E-state index contributed by atoms with van der Waals surface area (Å²) in [4.78, 5) is 0. The molecule has 0 aliphatic heterocycles. The number of hydrogen-bond acceptors (Lipinski definition) is 0. The molecule has 0 aliphatic rings. The summed E-state index contributed by atoms with van der Waals surface area (Å²) in [7, 11) is 0. The van der Waals surface area contributed by atoms with Crippen LogP contribution in [0.5, 0.6) is 0 Å². The average molecular weight is 203 g/mol. The van der Waals surface area contributed by atoms with Crippen LogP contribution in [0.3, 0.4) is 0 Å². The Bertz CT molecular complexity index is 496. The van der Waals surface area contributed by atoms with Gasteiger partial charge in [0.25, 0.3) is 0 Å². The molecule has 2 aromatic rings. The Balaban J connectivity index is 2.35. The van der Waals surface area contributed by atoms with Gasteiger partial charge in [-0.15, -0.1) is 6.58 Å². The lowest BCUT2D eigenvalue weighted by atomic mass is 10.2. The molecule has 1 nitrogen and oxygen atoms in total. The first-order valence-corrected chi connectivity index (χ1v) is 5.05. The van der Waals surface area contributed by atoms with Gasteiger partial charge in [-0.25, -0.2) is 4.39 Å². The van der Waals surface area contributed by atoms with E-state index in [0.29, 0.717) is 0 Å². The average Bonchev–Trinajstić information content (AvgIpc) is 2.57. The topological polar surface area (TPSA) is 4.93 Å². The van der Waals surface area contributed by atoms with Crippen LogP contribution in [0.25, 0.3) is 10.9 Å². The number of halogens is 1. The molecule has 0 radical (unpaired) electrons. The monoisotopic (exact) mass is 203 g/mol. The minimum absolute atomic E-state index is 0.183. The van der Waals surface area contributed by atoms with Gasteiger partial charge in [0.15, 0.2) is 0 Å². The van der Waals surface area contributed by atoms with Crippen LogP contribution in [-0.4, -0.2) is 4.57 Å². The first kappa shape index (κ1) is 9.97. The summed E-state index contributed by atoms with van der Waals surface area (Å²) in [6.45, 7) is 6.73. The van der Waals surface area contributed by atoms with E-state index in [9.17, 15) is 4.39 Å². The van der Waals surface area contributed by atoms with Gasteiger partial charge in [0.1, 0.15) is 5.82 Å². The fourth-order valence-electron chi connectivity index (χ4n) is 1.66. The Morgan fingerprint density at radius 1 is 1.40 bits per heavy atom. The van der Waals surface area contributed by atoms with Crippen molar-refractivity contribution in [2.45, 2.75) is 19.9 Å². The van der Waals surface area contributed by atoms with E-state index in [1.165, 1.54) is 6.07 Å². The molecule has 1 aromatic heterocycles. The zero-order valence-electron chi connectivity index (χ0n) is 8.83. The van der Waals surface area contributed by atoms with E-state index in [-0.39, 0.29) is 5.82 Å². The minimum Gasteiger partial charge on any atom is -0.347 e. The van der Waals surface area contributed by atoms with E-state index < -0.39 is 0 Å². The van der Waals surface area contributed by atoms with Crippen molar-refractivity contribution < 1.29 is 4.39 Å². The summed E-state index contributed by atoms with van der Waals surface area (Å²) < 4.78 is 15.1. The van der Waals surface area contributed by atoms with Crippen LogP contribution in [0.4, 0.5) is 4.39 Å². The standard InChI is InChI=1S/C13H14FN/c1-10(2)5-7-15-8-6-11-3-4-12(14)9-13(11)15/h3-4,6,8-9H,1,5,7H2,2H3. The third-order valence-corrected chi connectivity index (χ3v) is 2.52. The molecule has 0 amide bonds.